The third kappa shape index (κ3) is 2.16. The van der Waals surface area contributed by atoms with E-state index in [0.717, 1.165) is 18.4 Å². The maximum absolute atomic E-state index is 11.7. The Balaban J connectivity index is 2.18. The van der Waals surface area contributed by atoms with E-state index in [1.165, 1.54) is 5.56 Å². The van der Waals surface area contributed by atoms with Crippen LogP contribution in [0.1, 0.15) is 31.2 Å². The first-order valence-corrected chi connectivity index (χ1v) is 5.75. The Labute approximate surface area is 95.9 Å². The largest absolute Gasteiger partial charge is 0.463 e. The van der Waals surface area contributed by atoms with E-state index in [0.29, 0.717) is 6.61 Å². The first-order chi connectivity index (χ1) is 7.83. The van der Waals surface area contributed by atoms with Gasteiger partial charge in [0.2, 0.25) is 0 Å². The van der Waals surface area contributed by atoms with E-state index in [1.54, 1.807) is 0 Å². The fraction of sp³-hybridized carbons (Fsp3) is 0.357. The average Bonchev–Trinajstić information content (AvgIpc) is 2.79. The minimum Gasteiger partial charge on any atom is -0.463 e. The van der Waals surface area contributed by atoms with Gasteiger partial charge in [0.1, 0.15) is 0 Å². The van der Waals surface area contributed by atoms with E-state index >= 15 is 0 Å². The van der Waals surface area contributed by atoms with E-state index in [1.807, 2.05) is 31.2 Å². The summed E-state index contributed by atoms with van der Waals surface area (Å²) in [7, 11) is 0. The van der Waals surface area contributed by atoms with Crippen LogP contribution in [0.15, 0.2) is 42.0 Å². The van der Waals surface area contributed by atoms with Gasteiger partial charge in [-0.05, 0) is 25.3 Å². The molecule has 0 amide bonds. The van der Waals surface area contributed by atoms with Crippen molar-refractivity contribution in [3.8, 4) is 0 Å². The van der Waals surface area contributed by atoms with Crippen LogP contribution in [0, 0.1) is 0 Å². The second-order valence-corrected chi connectivity index (χ2v) is 3.92. The van der Waals surface area contributed by atoms with Crippen LogP contribution in [0.4, 0.5) is 0 Å². The van der Waals surface area contributed by atoms with Gasteiger partial charge >= 0.3 is 5.97 Å². The minimum absolute atomic E-state index is 0.158. The summed E-state index contributed by atoms with van der Waals surface area (Å²) in [4.78, 5) is 11.7. The number of carbonyl (C=O) groups excluding carboxylic acids is 1. The molecular weight excluding hydrogens is 200 g/mol. The van der Waals surface area contributed by atoms with Gasteiger partial charge in [0.05, 0.1) is 6.61 Å². The summed E-state index contributed by atoms with van der Waals surface area (Å²) in [5, 5.41) is 0. The van der Waals surface area contributed by atoms with Crippen LogP contribution in [-0.2, 0) is 9.53 Å². The summed E-state index contributed by atoms with van der Waals surface area (Å²) in [5.74, 6) is 0.0640. The second-order valence-electron chi connectivity index (χ2n) is 3.92. The van der Waals surface area contributed by atoms with Crippen LogP contribution in [0.3, 0.4) is 0 Å². The molecule has 0 fully saturated rings. The lowest BCUT2D eigenvalue weighted by molar-refractivity contribution is -0.138. The SMILES string of the molecule is CCOC(=O)C1=CCCC1c1ccccc1. The number of ether oxygens (including phenoxy) is 1. The van der Waals surface area contributed by atoms with Crippen molar-refractivity contribution in [2.75, 3.05) is 6.61 Å². The van der Waals surface area contributed by atoms with Crippen molar-refractivity contribution < 1.29 is 9.53 Å². The molecule has 0 bridgehead atoms. The molecule has 0 N–H and O–H groups in total. The molecule has 84 valence electrons. The molecule has 0 radical (unpaired) electrons. The highest BCUT2D eigenvalue weighted by molar-refractivity contribution is 5.90. The van der Waals surface area contributed by atoms with Gasteiger partial charge in [0.15, 0.2) is 0 Å². The molecule has 1 atom stereocenters. The summed E-state index contributed by atoms with van der Waals surface area (Å²) < 4.78 is 5.07. The first kappa shape index (κ1) is 10.9. The van der Waals surface area contributed by atoms with Gasteiger partial charge < -0.3 is 4.74 Å². The number of esters is 1. The zero-order chi connectivity index (χ0) is 11.4. The molecule has 0 heterocycles. The summed E-state index contributed by atoms with van der Waals surface area (Å²) >= 11 is 0. The Morgan fingerprint density at radius 2 is 2.12 bits per heavy atom. The summed E-state index contributed by atoms with van der Waals surface area (Å²) in [6.45, 7) is 2.28. The molecule has 0 saturated heterocycles. The van der Waals surface area contributed by atoms with Gasteiger partial charge in [-0.3, -0.25) is 0 Å². The van der Waals surface area contributed by atoms with Crippen LogP contribution in [0.5, 0.6) is 0 Å². The lowest BCUT2D eigenvalue weighted by Crippen LogP contribution is -2.12. The molecule has 2 heteroatoms. The zero-order valence-corrected chi connectivity index (χ0v) is 9.48. The Kier molecular flexibility index (Phi) is 3.40. The highest BCUT2D eigenvalue weighted by atomic mass is 16.5. The predicted molar refractivity (Wildman–Crippen MR) is 63.1 cm³/mol. The van der Waals surface area contributed by atoms with Crippen LogP contribution in [0.25, 0.3) is 0 Å². The molecule has 2 nitrogen and oxygen atoms in total. The highest BCUT2D eigenvalue weighted by Crippen LogP contribution is 2.35. The van der Waals surface area contributed by atoms with Crippen LogP contribution >= 0.6 is 0 Å². The molecule has 1 unspecified atom stereocenters. The van der Waals surface area contributed by atoms with Gasteiger partial charge in [-0.15, -0.1) is 0 Å². The van der Waals surface area contributed by atoms with Crippen molar-refractivity contribution in [2.45, 2.75) is 25.7 Å². The van der Waals surface area contributed by atoms with Crippen LogP contribution in [0.2, 0.25) is 0 Å². The first-order valence-electron chi connectivity index (χ1n) is 5.75. The topological polar surface area (TPSA) is 26.3 Å². The quantitative estimate of drug-likeness (QED) is 0.726. The van der Waals surface area contributed by atoms with Gasteiger partial charge in [0, 0.05) is 11.5 Å². The Morgan fingerprint density at radius 3 is 2.81 bits per heavy atom. The molecule has 1 aliphatic carbocycles. The fourth-order valence-corrected chi connectivity index (χ4v) is 2.17. The zero-order valence-electron chi connectivity index (χ0n) is 9.48. The number of hydrogen-bond donors (Lipinski definition) is 0. The smallest absolute Gasteiger partial charge is 0.334 e. The lowest BCUT2D eigenvalue weighted by atomic mass is 9.93. The van der Waals surface area contributed by atoms with Gasteiger partial charge in [-0.2, -0.15) is 0 Å². The van der Waals surface area contributed by atoms with Crippen molar-refractivity contribution in [1.29, 1.82) is 0 Å². The maximum Gasteiger partial charge on any atom is 0.334 e. The second kappa shape index (κ2) is 4.97. The van der Waals surface area contributed by atoms with Crippen molar-refractivity contribution in [3.63, 3.8) is 0 Å². The predicted octanol–water partition coefficient (Wildman–Crippen LogP) is 3.05. The Bertz CT molecular complexity index is 392. The number of benzene rings is 1. The Morgan fingerprint density at radius 1 is 1.38 bits per heavy atom. The molecular formula is C14H16O2. The van der Waals surface area contributed by atoms with E-state index in [4.69, 9.17) is 4.74 Å². The molecule has 0 saturated carbocycles. The molecule has 1 aliphatic rings. The third-order valence-electron chi connectivity index (χ3n) is 2.91. The number of carbonyl (C=O) groups is 1. The number of hydrogen-bond acceptors (Lipinski definition) is 2. The monoisotopic (exact) mass is 216 g/mol. The summed E-state index contributed by atoms with van der Waals surface area (Å²) in [5.41, 5.74) is 2.03. The fourth-order valence-electron chi connectivity index (χ4n) is 2.17. The Hall–Kier alpha value is -1.57. The molecule has 0 aliphatic heterocycles. The number of rotatable bonds is 3. The van der Waals surface area contributed by atoms with E-state index in [2.05, 4.69) is 12.1 Å². The van der Waals surface area contributed by atoms with Crippen molar-refractivity contribution in [3.05, 3.63) is 47.5 Å². The van der Waals surface area contributed by atoms with E-state index in [9.17, 15) is 4.79 Å². The molecule has 0 aromatic heterocycles. The van der Waals surface area contributed by atoms with Gasteiger partial charge in [-0.25, -0.2) is 4.79 Å². The van der Waals surface area contributed by atoms with Crippen molar-refractivity contribution in [2.24, 2.45) is 0 Å². The minimum atomic E-state index is -0.158. The number of allylic oxidation sites excluding steroid dienone is 1. The standard InChI is InChI=1S/C14H16O2/c1-2-16-14(15)13-10-6-9-12(13)11-7-4-3-5-8-11/h3-5,7-8,10,12H,2,6,9H2,1H3. The highest BCUT2D eigenvalue weighted by Gasteiger charge is 2.26. The van der Waals surface area contributed by atoms with Crippen LogP contribution < -0.4 is 0 Å². The van der Waals surface area contributed by atoms with Gasteiger partial charge in [-0.1, -0.05) is 36.4 Å². The summed E-state index contributed by atoms with van der Waals surface area (Å²) in [6, 6.07) is 10.2. The van der Waals surface area contributed by atoms with Gasteiger partial charge in [0.25, 0.3) is 0 Å². The summed E-state index contributed by atoms with van der Waals surface area (Å²) in [6.07, 6.45) is 3.99. The maximum atomic E-state index is 11.7. The molecule has 1 aromatic rings. The third-order valence-corrected chi connectivity index (χ3v) is 2.91. The van der Waals surface area contributed by atoms with Crippen molar-refractivity contribution in [1.82, 2.24) is 0 Å². The molecule has 2 rings (SSSR count). The van der Waals surface area contributed by atoms with E-state index < -0.39 is 0 Å². The van der Waals surface area contributed by atoms with Crippen molar-refractivity contribution >= 4 is 5.97 Å². The molecule has 1 aromatic carbocycles. The molecule has 16 heavy (non-hydrogen) atoms. The van der Waals surface area contributed by atoms with Crippen LogP contribution in [-0.4, -0.2) is 12.6 Å². The normalized spacial score (nSPS) is 19.3. The molecule has 0 spiro atoms. The average molecular weight is 216 g/mol. The van der Waals surface area contributed by atoms with E-state index in [-0.39, 0.29) is 11.9 Å². The lowest BCUT2D eigenvalue weighted by Gasteiger charge is -2.14.